The number of para-hydroxylation sites is 1. The number of hydrogen-bond acceptors (Lipinski definition) is 4. The summed E-state index contributed by atoms with van der Waals surface area (Å²) in [5.41, 5.74) is 1.58. The van der Waals surface area contributed by atoms with E-state index in [-0.39, 0.29) is 11.9 Å². The molecule has 0 saturated carbocycles. The normalized spacial score (nSPS) is 13.8. The van der Waals surface area contributed by atoms with E-state index in [1.54, 1.807) is 13.2 Å². The maximum Gasteiger partial charge on any atom is 0.255 e. The van der Waals surface area contributed by atoms with E-state index in [2.05, 4.69) is 12.2 Å². The molecule has 2 aromatic carbocycles. The first-order chi connectivity index (χ1) is 12.7. The van der Waals surface area contributed by atoms with Crippen molar-refractivity contribution in [3.8, 4) is 17.2 Å². The number of nitrogens with one attached hydrogen (secondary N) is 1. The Kier molecular flexibility index (Phi) is 6.00. The molecule has 0 bridgehead atoms. The third-order valence-electron chi connectivity index (χ3n) is 4.48. The number of ether oxygens (including phenoxy) is 3. The summed E-state index contributed by atoms with van der Waals surface area (Å²) in [4.78, 5) is 12.9. The summed E-state index contributed by atoms with van der Waals surface area (Å²) < 4.78 is 16.5. The molecule has 1 N–H and O–H groups in total. The van der Waals surface area contributed by atoms with Crippen LogP contribution < -0.4 is 19.5 Å². The lowest BCUT2D eigenvalue weighted by Crippen LogP contribution is -2.30. The second-order valence-electron chi connectivity index (χ2n) is 6.27. The molecule has 0 radical (unpaired) electrons. The topological polar surface area (TPSA) is 56.8 Å². The minimum Gasteiger partial charge on any atom is -0.497 e. The van der Waals surface area contributed by atoms with Crippen LogP contribution in [0.1, 0.15) is 48.1 Å². The lowest BCUT2D eigenvalue weighted by Gasteiger charge is -2.23. The molecule has 0 aromatic heterocycles. The number of amides is 1. The molecule has 1 unspecified atom stereocenters. The molecule has 3 rings (SSSR count). The summed E-state index contributed by atoms with van der Waals surface area (Å²) in [5.74, 6) is 1.81. The molecule has 0 saturated heterocycles. The molecular formula is C21H25NO4. The van der Waals surface area contributed by atoms with E-state index in [9.17, 15) is 4.79 Å². The van der Waals surface area contributed by atoms with Crippen LogP contribution >= 0.6 is 0 Å². The van der Waals surface area contributed by atoms with Gasteiger partial charge in [-0.2, -0.15) is 0 Å². The summed E-state index contributed by atoms with van der Waals surface area (Å²) in [6.45, 7) is 3.10. The highest BCUT2D eigenvalue weighted by molar-refractivity contribution is 5.98. The summed E-state index contributed by atoms with van der Waals surface area (Å²) in [5, 5.41) is 3.16. The zero-order valence-corrected chi connectivity index (χ0v) is 15.3. The number of carbonyl (C=O) groups is 1. The van der Waals surface area contributed by atoms with Crippen molar-refractivity contribution in [1.82, 2.24) is 5.32 Å². The van der Waals surface area contributed by atoms with Gasteiger partial charge in [-0.3, -0.25) is 4.79 Å². The van der Waals surface area contributed by atoms with E-state index in [1.165, 1.54) is 0 Å². The van der Waals surface area contributed by atoms with Gasteiger partial charge in [0.1, 0.15) is 19.0 Å². The molecule has 2 aromatic rings. The van der Waals surface area contributed by atoms with Crippen LogP contribution in [0.4, 0.5) is 0 Å². The van der Waals surface area contributed by atoms with Crippen molar-refractivity contribution in [1.29, 1.82) is 0 Å². The van der Waals surface area contributed by atoms with Crippen LogP contribution in [0, 0.1) is 0 Å². The Morgan fingerprint density at radius 3 is 2.65 bits per heavy atom. The zero-order valence-electron chi connectivity index (χ0n) is 15.3. The molecule has 5 nitrogen and oxygen atoms in total. The van der Waals surface area contributed by atoms with Crippen molar-refractivity contribution in [3.63, 3.8) is 0 Å². The predicted molar refractivity (Wildman–Crippen MR) is 100 cm³/mol. The summed E-state index contributed by atoms with van der Waals surface area (Å²) in [6, 6.07) is 13.2. The third-order valence-corrected chi connectivity index (χ3v) is 4.48. The quantitative estimate of drug-likeness (QED) is 0.811. The lowest BCUT2D eigenvalue weighted by atomic mass is 10.00. The summed E-state index contributed by atoms with van der Waals surface area (Å²) in [6.07, 6.45) is 2.98. The Labute approximate surface area is 154 Å². The van der Waals surface area contributed by atoms with Crippen LogP contribution in [0.5, 0.6) is 17.2 Å². The number of benzene rings is 2. The Bertz CT molecular complexity index is 742. The molecule has 26 heavy (non-hydrogen) atoms. The zero-order chi connectivity index (χ0) is 18.4. The van der Waals surface area contributed by atoms with Crippen LogP contribution in [-0.2, 0) is 0 Å². The lowest BCUT2D eigenvalue weighted by molar-refractivity contribution is 0.0923. The van der Waals surface area contributed by atoms with Gasteiger partial charge in [0, 0.05) is 0 Å². The summed E-state index contributed by atoms with van der Waals surface area (Å²) >= 11 is 0. The first kappa shape index (κ1) is 18.1. The molecule has 0 fully saturated rings. The van der Waals surface area contributed by atoms with E-state index >= 15 is 0 Å². The maximum absolute atomic E-state index is 12.9. The van der Waals surface area contributed by atoms with Gasteiger partial charge in [0.05, 0.1) is 18.7 Å². The smallest absolute Gasteiger partial charge is 0.255 e. The minimum atomic E-state index is -0.149. The maximum atomic E-state index is 12.9. The van der Waals surface area contributed by atoms with Crippen molar-refractivity contribution in [2.75, 3.05) is 20.3 Å². The molecule has 1 aliphatic heterocycles. The van der Waals surface area contributed by atoms with Crippen molar-refractivity contribution in [2.24, 2.45) is 0 Å². The molecule has 138 valence electrons. The molecule has 1 aliphatic rings. The Morgan fingerprint density at radius 1 is 1.15 bits per heavy atom. The van der Waals surface area contributed by atoms with Crippen molar-refractivity contribution in [3.05, 3.63) is 53.6 Å². The number of methoxy groups -OCH3 is 1. The van der Waals surface area contributed by atoms with Gasteiger partial charge in [0.25, 0.3) is 5.91 Å². The van der Waals surface area contributed by atoms with Gasteiger partial charge >= 0.3 is 0 Å². The van der Waals surface area contributed by atoms with E-state index < -0.39 is 0 Å². The van der Waals surface area contributed by atoms with Crippen LogP contribution in [0.25, 0.3) is 0 Å². The van der Waals surface area contributed by atoms with Crippen molar-refractivity contribution < 1.29 is 19.0 Å². The SMILES string of the molecule is CCCCC(NC(=O)c1cccc2c1OCCO2)c1ccc(OC)cc1. The average molecular weight is 355 g/mol. The van der Waals surface area contributed by atoms with E-state index in [0.717, 1.165) is 30.6 Å². The Hall–Kier alpha value is -2.69. The number of fused-ring (bicyclic) bond motifs is 1. The Balaban J connectivity index is 1.81. The molecule has 1 atom stereocenters. The molecule has 1 amide bonds. The van der Waals surface area contributed by atoms with Crippen LogP contribution in [0.15, 0.2) is 42.5 Å². The highest BCUT2D eigenvalue weighted by Crippen LogP contribution is 2.34. The third kappa shape index (κ3) is 4.10. The average Bonchev–Trinajstić information content (AvgIpc) is 2.70. The number of unbranched alkanes of at least 4 members (excludes halogenated alkanes) is 1. The number of hydrogen-bond donors (Lipinski definition) is 1. The number of carbonyl (C=O) groups excluding carboxylic acids is 1. The van der Waals surface area contributed by atoms with E-state index in [1.807, 2.05) is 36.4 Å². The van der Waals surface area contributed by atoms with E-state index in [4.69, 9.17) is 14.2 Å². The molecule has 1 heterocycles. The second kappa shape index (κ2) is 8.61. The van der Waals surface area contributed by atoms with E-state index in [0.29, 0.717) is 30.3 Å². The van der Waals surface area contributed by atoms with Crippen LogP contribution in [0.2, 0.25) is 0 Å². The fourth-order valence-electron chi connectivity index (χ4n) is 3.06. The van der Waals surface area contributed by atoms with Gasteiger partial charge < -0.3 is 19.5 Å². The molecule has 5 heteroatoms. The molecule has 0 aliphatic carbocycles. The van der Waals surface area contributed by atoms with Crippen molar-refractivity contribution in [2.45, 2.75) is 32.2 Å². The summed E-state index contributed by atoms with van der Waals surface area (Å²) in [7, 11) is 1.64. The monoisotopic (exact) mass is 355 g/mol. The van der Waals surface area contributed by atoms with Crippen molar-refractivity contribution >= 4 is 5.91 Å². The fourth-order valence-corrected chi connectivity index (χ4v) is 3.06. The van der Waals surface area contributed by atoms with Gasteiger partial charge in [-0.05, 0) is 36.2 Å². The Morgan fingerprint density at radius 2 is 1.92 bits per heavy atom. The van der Waals surface area contributed by atoms with Gasteiger partial charge in [-0.25, -0.2) is 0 Å². The number of rotatable bonds is 7. The van der Waals surface area contributed by atoms with Gasteiger partial charge in [0.15, 0.2) is 11.5 Å². The predicted octanol–water partition coefficient (Wildman–Crippen LogP) is 4.13. The van der Waals surface area contributed by atoms with Gasteiger partial charge in [-0.1, -0.05) is 38.0 Å². The first-order valence-electron chi connectivity index (χ1n) is 9.06. The largest absolute Gasteiger partial charge is 0.497 e. The minimum absolute atomic E-state index is 0.0614. The fraction of sp³-hybridized carbons (Fsp3) is 0.381. The first-order valence-corrected chi connectivity index (χ1v) is 9.06. The van der Waals surface area contributed by atoms with Crippen LogP contribution in [-0.4, -0.2) is 26.2 Å². The second-order valence-corrected chi connectivity index (χ2v) is 6.27. The highest BCUT2D eigenvalue weighted by atomic mass is 16.6. The van der Waals surface area contributed by atoms with Gasteiger partial charge in [-0.15, -0.1) is 0 Å². The van der Waals surface area contributed by atoms with Crippen LogP contribution in [0.3, 0.4) is 0 Å². The molecular weight excluding hydrogens is 330 g/mol. The molecule has 0 spiro atoms. The highest BCUT2D eigenvalue weighted by Gasteiger charge is 2.22. The van der Waals surface area contributed by atoms with Gasteiger partial charge in [0.2, 0.25) is 0 Å². The standard InChI is InChI=1S/C21H25NO4/c1-3-4-7-18(15-9-11-16(24-2)12-10-15)22-21(23)17-6-5-8-19-20(17)26-14-13-25-19/h5-6,8-12,18H,3-4,7,13-14H2,1-2H3,(H,22,23).